The van der Waals surface area contributed by atoms with Crippen molar-refractivity contribution in [2.45, 2.75) is 6.54 Å². The number of hydrogen-bond donors (Lipinski definition) is 1. The van der Waals surface area contributed by atoms with Gasteiger partial charge in [-0.15, -0.1) is 0 Å². The lowest BCUT2D eigenvalue weighted by Crippen LogP contribution is -2.02. The first-order valence-electron chi connectivity index (χ1n) is 5.59. The maximum absolute atomic E-state index is 10.7. The zero-order valence-corrected chi connectivity index (χ0v) is 13.2. The second-order valence-electron chi connectivity index (χ2n) is 3.98. The molecule has 1 N–H and O–H groups in total. The molecule has 0 aliphatic heterocycles. The number of hydrogen-bond acceptors (Lipinski definition) is 3. The van der Waals surface area contributed by atoms with Crippen LogP contribution in [0.5, 0.6) is 0 Å². The third kappa shape index (κ3) is 3.42. The molecule has 0 spiro atoms. The molecule has 4 nitrogen and oxygen atoms in total. The van der Waals surface area contributed by atoms with E-state index in [1.165, 1.54) is 12.1 Å². The van der Waals surface area contributed by atoms with Crippen molar-refractivity contribution in [3.8, 4) is 0 Å². The fraction of sp³-hybridized carbons (Fsp3) is 0.0769. The third-order valence-electron chi connectivity index (χ3n) is 2.68. The Hall–Kier alpha value is -1.30. The molecule has 0 aliphatic carbocycles. The van der Waals surface area contributed by atoms with Crippen molar-refractivity contribution in [1.82, 2.24) is 0 Å². The van der Waals surface area contributed by atoms with Gasteiger partial charge in [0.15, 0.2) is 0 Å². The number of benzene rings is 2. The smallest absolute Gasteiger partial charge is 0.270 e. The number of halogens is 3. The molecule has 7 heteroatoms. The first-order valence-corrected chi connectivity index (χ1v) is 7.14. The summed E-state index contributed by atoms with van der Waals surface area (Å²) >= 11 is 15.4. The van der Waals surface area contributed by atoms with Gasteiger partial charge >= 0.3 is 0 Å². The van der Waals surface area contributed by atoms with Crippen LogP contribution in [0.1, 0.15) is 5.56 Å². The summed E-state index contributed by atoms with van der Waals surface area (Å²) in [5.41, 5.74) is 1.53. The van der Waals surface area contributed by atoms with Crippen LogP contribution < -0.4 is 5.32 Å². The van der Waals surface area contributed by atoms with Crippen LogP contribution in [0.25, 0.3) is 0 Å². The van der Waals surface area contributed by atoms with Crippen molar-refractivity contribution in [3.05, 3.63) is 66.6 Å². The minimum atomic E-state index is -0.445. The highest BCUT2D eigenvalue weighted by molar-refractivity contribution is 9.10. The summed E-state index contributed by atoms with van der Waals surface area (Å²) in [7, 11) is 0. The van der Waals surface area contributed by atoms with Gasteiger partial charge in [0.2, 0.25) is 0 Å². The summed E-state index contributed by atoms with van der Waals surface area (Å²) in [5.74, 6) is 0. The number of non-ortho nitro benzene ring substituents is 1. The second kappa shape index (κ2) is 6.43. The Morgan fingerprint density at radius 2 is 1.85 bits per heavy atom. The average Bonchev–Trinajstić information content (AvgIpc) is 2.39. The molecular weight excluding hydrogens is 367 g/mol. The van der Waals surface area contributed by atoms with Crippen LogP contribution >= 0.6 is 39.1 Å². The lowest BCUT2D eigenvalue weighted by atomic mass is 10.2. The molecule has 0 bridgehead atoms. The lowest BCUT2D eigenvalue weighted by Gasteiger charge is -2.11. The molecule has 0 unspecified atom stereocenters. The molecule has 0 saturated carbocycles. The van der Waals surface area contributed by atoms with E-state index in [4.69, 9.17) is 23.2 Å². The van der Waals surface area contributed by atoms with Crippen molar-refractivity contribution < 1.29 is 4.92 Å². The Balaban J connectivity index is 2.17. The van der Waals surface area contributed by atoms with Gasteiger partial charge in [-0.1, -0.05) is 29.3 Å². The second-order valence-corrected chi connectivity index (χ2v) is 5.64. The quantitative estimate of drug-likeness (QED) is 0.584. The minimum Gasteiger partial charge on any atom is -0.380 e. The van der Waals surface area contributed by atoms with Crippen LogP contribution in [0.15, 0.2) is 40.9 Å². The molecule has 20 heavy (non-hydrogen) atoms. The van der Waals surface area contributed by atoms with Gasteiger partial charge in [0.25, 0.3) is 5.69 Å². The van der Waals surface area contributed by atoms with Gasteiger partial charge in [0.05, 0.1) is 4.92 Å². The van der Waals surface area contributed by atoms with Gasteiger partial charge in [-0.2, -0.15) is 0 Å². The molecule has 0 radical (unpaired) electrons. The van der Waals surface area contributed by atoms with Crippen molar-refractivity contribution in [2.75, 3.05) is 5.32 Å². The van der Waals surface area contributed by atoms with Gasteiger partial charge in [0, 0.05) is 44.4 Å². The van der Waals surface area contributed by atoms with Gasteiger partial charge < -0.3 is 5.32 Å². The van der Waals surface area contributed by atoms with Crippen LogP contribution in [0.3, 0.4) is 0 Å². The molecular formula is C13H9BrCl2N2O2. The first kappa shape index (κ1) is 15.1. The van der Waals surface area contributed by atoms with Crippen molar-refractivity contribution in [2.24, 2.45) is 0 Å². The fourth-order valence-electron chi connectivity index (χ4n) is 1.65. The van der Waals surface area contributed by atoms with Gasteiger partial charge in [-0.3, -0.25) is 10.1 Å². The van der Waals surface area contributed by atoms with Gasteiger partial charge in [-0.05, 0) is 34.1 Å². The topological polar surface area (TPSA) is 55.2 Å². The molecule has 0 atom stereocenters. The predicted molar refractivity (Wildman–Crippen MR) is 84.6 cm³/mol. The van der Waals surface area contributed by atoms with E-state index in [9.17, 15) is 10.1 Å². The number of nitrogens with zero attached hydrogens (tertiary/aromatic N) is 1. The maximum atomic E-state index is 10.7. The minimum absolute atomic E-state index is 0.0261. The molecule has 2 aromatic carbocycles. The van der Waals surface area contributed by atoms with E-state index in [1.54, 1.807) is 24.3 Å². The van der Waals surface area contributed by atoms with Crippen LogP contribution in [0.2, 0.25) is 10.0 Å². The lowest BCUT2D eigenvalue weighted by molar-refractivity contribution is -0.384. The highest BCUT2D eigenvalue weighted by atomic mass is 79.9. The number of nitro groups is 1. The highest BCUT2D eigenvalue weighted by Gasteiger charge is 2.10. The maximum Gasteiger partial charge on any atom is 0.270 e. The molecule has 0 fully saturated rings. The molecule has 0 heterocycles. The van der Waals surface area contributed by atoms with E-state index in [0.717, 1.165) is 11.3 Å². The standard InChI is InChI=1S/C13H9BrCl2N2O2/c14-10-6-8(18(19)20)4-5-13(10)17-7-9-11(15)2-1-3-12(9)16/h1-6,17H,7H2. The van der Waals surface area contributed by atoms with E-state index in [0.29, 0.717) is 21.1 Å². The van der Waals surface area contributed by atoms with Crippen LogP contribution in [-0.2, 0) is 6.54 Å². The zero-order valence-electron chi connectivity index (χ0n) is 10.1. The first-order chi connectivity index (χ1) is 9.49. The number of anilines is 1. The molecule has 0 amide bonds. The molecule has 0 saturated heterocycles. The Labute approximate surface area is 134 Å². The molecule has 2 aromatic rings. The van der Waals surface area contributed by atoms with E-state index < -0.39 is 4.92 Å². The summed E-state index contributed by atoms with van der Waals surface area (Å²) in [4.78, 5) is 10.2. The number of rotatable bonds is 4. The monoisotopic (exact) mass is 374 g/mol. The van der Waals surface area contributed by atoms with Gasteiger partial charge in [-0.25, -0.2) is 0 Å². The number of nitrogens with one attached hydrogen (secondary N) is 1. The third-order valence-corrected chi connectivity index (χ3v) is 4.05. The molecule has 104 valence electrons. The summed E-state index contributed by atoms with van der Waals surface area (Å²) < 4.78 is 0.606. The predicted octanol–water partition coefficient (Wildman–Crippen LogP) is 5.28. The van der Waals surface area contributed by atoms with Crippen molar-refractivity contribution in [3.63, 3.8) is 0 Å². The van der Waals surface area contributed by atoms with Crippen LogP contribution in [-0.4, -0.2) is 4.92 Å². The normalized spacial score (nSPS) is 10.3. The zero-order chi connectivity index (χ0) is 14.7. The number of nitro benzene ring substituents is 1. The Bertz CT molecular complexity index is 645. The van der Waals surface area contributed by atoms with E-state index in [1.807, 2.05) is 0 Å². The molecule has 0 aromatic heterocycles. The van der Waals surface area contributed by atoms with E-state index >= 15 is 0 Å². The van der Waals surface area contributed by atoms with Crippen molar-refractivity contribution in [1.29, 1.82) is 0 Å². The van der Waals surface area contributed by atoms with Crippen LogP contribution in [0.4, 0.5) is 11.4 Å². The molecule has 0 aliphatic rings. The van der Waals surface area contributed by atoms with Gasteiger partial charge in [0.1, 0.15) is 0 Å². The van der Waals surface area contributed by atoms with E-state index in [-0.39, 0.29) is 5.69 Å². The van der Waals surface area contributed by atoms with Crippen molar-refractivity contribution >= 4 is 50.5 Å². The fourth-order valence-corrected chi connectivity index (χ4v) is 2.68. The van der Waals surface area contributed by atoms with E-state index in [2.05, 4.69) is 21.2 Å². The largest absolute Gasteiger partial charge is 0.380 e. The molecule has 2 rings (SSSR count). The Morgan fingerprint density at radius 3 is 2.40 bits per heavy atom. The summed E-state index contributed by atoms with van der Waals surface area (Å²) in [6.07, 6.45) is 0. The Morgan fingerprint density at radius 1 is 1.20 bits per heavy atom. The summed E-state index contributed by atoms with van der Waals surface area (Å²) in [6.45, 7) is 0.426. The van der Waals surface area contributed by atoms with Crippen LogP contribution in [0, 0.1) is 10.1 Å². The average molecular weight is 376 g/mol. The SMILES string of the molecule is O=[N+]([O-])c1ccc(NCc2c(Cl)cccc2Cl)c(Br)c1. The summed E-state index contributed by atoms with van der Waals surface area (Å²) in [6, 6.07) is 9.80. The highest BCUT2D eigenvalue weighted by Crippen LogP contribution is 2.29. The Kier molecular flexibility index (Phi) is 4.86. The summed E-state index contributed by atoms with van der Waals surface area (Å²) in [5, 5.41) is 14.9.